The maximum absolute atomic E-state index is 7.07. The summed E-state index contributed by atoms with van der Waals surface area (Å²) in [5.41, 5.74) is 2.74. The molecule has 0 saturated heterocycles. The Bertz CT molecular complexity index is 2010. The van der Waals surface area contributed by atoms with Crippen molar-refractivity contribution in [2.45, 2.75) is 12.5 Å². The molecule has 6 heteroatoms. The minimum atomic E-state index is -1.22. The van der Waals surface area contributed by atoms with Crippen LogP contribution in [0, 0.1) is 0 Å². The molecule has 5 aromatic carbocycles. The smallest absolute Gasteiger partial charge is 0.152 e. The molecule has 1 aromatic heterocycles. The largest absolute Gasteiger partial charge is 0.462 e. The van der Waals surface area contributed by atoms with Gasteiger partial charge >= 0.3 is 0 Å². The number of hydrogen-bond donors (Lipinski definition) is 1. The Balaban J connectivity index is 1.41. The van der Waals surface area contributed by atoms with Gasteiger partial charge in [0, 0.05) is 37.7 Å². The number of nitrogens with one attached hydrogen (secondary N) is 1. The molecule has 208 valence electrons. The second-order valence-corrected chi connectivity index (χ2v) is 14.1. The normalized spacial score (nSPS) is 19.4. The zero-order valence-electron chi connectivity index (χ0n) is 23.3. The summed E-state index contributed by atoms with van der Waals surface area (Å²) in [6, 6.07) is 44.3. The Labute approximate surface area is 253 Å². The molecule has 0 fully saturated rings. The van der Waals surface area contributed by atoms with Gasteiger partial charge in [0.05, 0.1) is 6.04 Å². The first-order valence-corrected chi connectivity index (χ1v) is 16.9. The lowest BCUT2D eigenvalue weighted by molar-refractivity contribution is 0.626. The fraction of sp³-hybridized carbons (Fsp3) is 0.0541. The average Bonchev–Trinajstić information content (AvgIpc) is 3.06. The molecule has 3 unspecified atom stereocenters. The lowest BCUT2D eigenvalue weighted by Gasteiger charge is -2.32. The summed E-state index contributed by atoms with van der Waals surface area (Å²) in [6.45, 7) is 0. The second-order valence-electron chi connectivity index (χ2n) is 10.6. The van der Waals surface area contributed by atoms with Gasteiger partial charge in [0.15, 0.2) is 19.6 Å². The third kappa shape index (κ3) is 4.97. The maximum atomic E-state index is 7.07. The van der Waals surface area contributed by atoms with Crippen molar-refractivity contribution in [2.75, 3.05) is 5.32 Å². The van der Waals surface area contributed by atoms with Crippen molar-refractivity contribution < 1.29 is 9.05 Å². The quantitative estimate of drug-likeness (QED) is 0.161. The number of hydrogen-bond acceptors (Lipinski definition) is 4. The maximum Gasteiger partial charge on any atom is 0.152 e. The van der Waals surface area contributed by atoms with Gasteiger partial charge in [-0.1, -0.05) is 115 Å². The first kappa shape index (κ1) is 26.2. The van der Waals surface area contributed by atoms with Gasteiger partial charge in [0.1, 0.15) is 19.2 Å². The van der Waals surface area contributed by atoms with Crippen LogP contribution in [0.25, 0.3) is 21.8 Å². The minimum Gasteiger partial charge on any atom is -0.462 e. The van der Waals surface area contributed by atoms with Crippen LogP contribution in [0.15, 0.2) is 151 Å². The van der Waals surface area contributed by atoms with Gasteiger partial charge in [0.25, 0.3) is 0 Å². The van der Waals surface area contributed by atoms with Crippen molar-refractivity contribution in [3.05, 3.63) is 151 Å². The highest BCUT2D eigenvalue weighted by Crippen LogP contribution is 2.51. The molecule has 0 saturated carbocycles. The van der Waals surface area contributed by atoms with Gasteiger partial charge in [-0.25, -0.2) is 4.98 Å². The Morgan fingerprint density at radius 2 is 1.23 bits per heavy atom. The molecule has 0 radical (unpaired) electrons. The fourth-order valence-corrected chi connectivity index (χ4v) is 9.54. The number of benzene rings is 5. The number of para-hydroxylation sites is 3. The number of rotatable bonds is 2. The topological polar surface area (TPSA) is 43.4 Å². The van der Waals surface area contributed by atoms with Crippen LogP contribution < -0.4 is 30.3 Å². The predicted molar refractivity (Wildman–Crippen MR) is 182 cm³/mol. The Morgan fingerprint density at radius 3 is 1.93 bits per heavy atom. The van der Waals surface area contributed by atoms with Gasteiger partial charge in [-0.15, -0.1) is 0 Å². The van der Waals surface area contributed by atoms with Crippen LogP contribution in [0.2, 0.25) is 0 Å². The van der Waals surface area contributed by atoms with Gasteiger partial charge in [0.2, 0.25) is 0 Å². The van der Waals surface area contributed by atoms with Crippen LogP contribution >= 0.6 is 16.3 Å². The van der Waals surface area contributed by atoms with E-state index in [0.717, 1.165) is 56.0 Å². The molecular formula is C37H28N2O2P2. The van der Waals surface area contributed by atoms with Crippen molar-refractivity contribution in [1.82, 2.24) is 4.98 Å². The van der Waals surface area contributed by atoms with Crippen LogP contribution in [0.1, 0.15) is 6.42 Å². The zero-order valence-corrected chi connectivity index (χ0v) is 25.1. The lowest BCUT2D eigenvalue weighted by Crippen LogP contribution is -2.29. The summed E-state index contributed by atoms with van der Waals surface area (Å²) in [5.74, 6) is 1.55. The number of fused-ring (bicyclic) bond motifs is 2. The van der Waals surface area contributed by atoms with Gasteiger partial charge in [-0.05, 0) is 36.8 Å². The second kappa shape index (κ2) is 11.3. The van der Waals surface area contributed by atoms with E-state index in [-0.39, 0.29) is 6.04 Å². The van der Waals surface area contributed by atoms with Crippen LogP contribution in [-0.4, -0.2) is 11.0 Å². The SMILES string of the molecule is C1=CCC2Nc3ccccc3P(c3ccccc3)Oc3cccc4cc5cccc(c5nc34)OP(c3ccccc3)C2=C1. The molecule has 43 heavy (non-hydrogen) atoms. The molecule has 1 N–H and O–H groups in total. The molecule has 1 aliphatic carbocycles. The number of nitrogens with zero attached hydrogens (tertiary/aromatic N) is 1. The predicted octanol–water partition coefficient (Wildman–Crippen LogP) is 8.55. The average molecular weight is 595 g/mol. The standard InChI is InChI=1S/C37H28N2O2P2/c1-3-15-28(16-4-1)42-34-23-9-7-19-30(34)38-31-20-8-10-24-35(31)43(29-17-5-2-6-18-29)41-33-22-12-14-27-25-26-13-11-21-32(40-42)36(26)39-37(27)33/h1-19,21-25,31,38H,20H2. The van der Waals surface area contributed by atoms with Crippen molar-refractivity contribution >= 4 is 59.7 Å². The molecule has 6 aromatic rings. The van der Waals surface area contributed by atoms with Crippen molar-refractivity contribution in [1.29, 1.82) is 0 Å². The van der Waals surface area contributed by atoms with E-state index in [2.05, 4.69) is 139 Å². The van der Waals surface area contributed by atoms with E-state index >= 15 is 0 Å². The number of anilines is 1. The number of aromatic nitrogens is 1. The molecule has 2 heterocycles. The lowest BCUT2D eigenvalue weighted by atomic mass is 10.1. The molecule has 0 spiro atoms. The Morgan fingerprint density at radius 1 is 0.628 bits per heavy atom. The summed E-state index contributed by atoms with van der Waals surface area (Å²) in [6.07, 6.45) is 7.48. The highest BCUT2D eigenvalue weighted by Gasteiger charge is 2.30. The van der Waals surface area contributed by atoms with Crippen LogP contribution in [0.3, 0.4) is 0 Å². The molecule has 2 aliphatic rings. The van der Waals surface area contributed by atoms with Crippen LogP contribution in [-0.2, 0) is 0 Å². The van der Waals surface area contributed by atoms with E-state index in [4.69, 9.17) is 14.0 Å². The number of allylic oxidation sites excluding steroid dienone is 2. The molecule has 4 nitrogen and oxygen atoms in total. The first-order chi connectivity index (χ1) is 21.3. The number of pyridine rings is 1. The minimum absolute atomic E-state index is 0.0509. The molecule has 1 aliphatic heterocycles. The van der Waals surface area contributed by atoms with E-state index in [9.17, 15) is 0 Å². The molecular weight excluding hydrogens is 566 g/mol. The molecule has 2 bridgehead atoms. The Hall–Kier alpha value is -4.49. The summed E-state index contributed by atoms with van der Waals surface area (Å²) >= 11 is 0. The summed E-state index contributed by atoms with van der Waals surface area (Å²) in [7, 11) is -2.39. The van der Waals surface area contributed by atoms with E-state index in [1.165, 1.54) is 10.6 Å². The molecule has 0 amide bonds. The third-order valence-corrected chi connectivity index (χ3v) is 11.8. The highest BCUT2D eigenvalue weighted by atomic mass is 31.1. The van der Waals surface area contributed by atoms with Gasteiger partial charge in [-0.2, -0.15) is 0 Å². The van der Waals surface area contributed by atoms with Crippen LogP contribution in [0.4, 0.5) is 5.69 Å². The van der Waals surface area contributed by atoms with Crippen molar-refractivity contribution in [3.8, 4) is 11.5 Å². The van der Waals surface area contributed by atoms with E-state index in [1.807, 2.05) is 12.1 Å². The van der Waals surface area contributed by atoms with E-state index in [1.54, 1.807) is 0 Å². The van der Waals surface area contributed by atoms with E-state index in [0.29, 0.717) is 0 Å². The van der Waals surface area contributed by atoms with Crippen molar-refractivity contribution in [2.24, 2.45) is 0 Å². The van der Waals surface area contributed by atoms with Gasteiger partial charge in [-0.3, -0.25) is 0 Å². The summed E-state index contributed by atoms with van der Waals surface area (Å²) in [5, 5.41) is 10.7. The van der Waals surface area contributed by atoms with Crippen molar-refractivity contribution in [3.63, 3.8) is 0 Å². The fourth-order valence-electron chi connectivity index (χ4n) is 5.72. The molecule has 3 atom stereocenters. The van der Waals surface area contributed by atoms with Gasteiger partial charge < -0.3 is 14.4 Å². The zero-order chi connectivity index (χ0) is 28.6. The van der Waals surface area contributed by atoms with Crippen LogP contribution in [0.5, 0.6) is 11.5 Å². The van der Waals surface area contributed by atoms with E-state index < -0.39 is 16.3 Å². The Kier molecular flexibility index (Phi) is 6.88. The molecule has 8 rings (SSSR count). The third-order valence-electron chi connectivity index (χ3n) is 7.77. The summed E-state index contributed by atoms with van der Waals surface area (Å²) in [4.78, 5) is 5.27. The monoisotopic (exact) mass is 594 g/mol. The highest BCUT2D eigenvalue weighted by molar-refractivity contribution is 7.69. The first-order valence-electron chi connectivity index (χ1n) is 14.4. The summed E-state index contributed by atoms with van der Waals surface area (Å²) < 4.78 is 14.1.